The molecule has 0 radical (unpaired) electrons. The van der Waals surface area contributed by atoms with Crippen LogP contribution >= 0.6 is 11.8 Å². The van der Waals surface area contributed by atoms with Crippen LogP contribution in [0, 0.1) is 0 Å². The highest BCUT2D eigenvalue weighted by Crippen LogP contribution is 2.34. The summed E-state index contributed by atoms with van der Waals surface area (Å²) in [6, 6.07) is 9.21. The van der Waals surface area contributed by atoms with Gasteiger partial charge in [0.05, 0.1) is 23.9 Å². The molecule has 0 unspecified atom stereocenters. The normalized spacial score (nSPS) is 13.1. The number of hydrogen-bond donors (Lipinski definition) is 1. The smallest absolute Gasteiger partial charge is 0.257 e. The molecule has 1 aromatic carbocycles. The molecule has 4 rings (SSSR count). The number of amides is 1. The van der Waals surface area contributed by atoms with E-state index in [1.54, 1.807) is 29.6 Å². The number of carbonyl (C=O) groups excluding carboxylic acids is 1. The summed E-state index contributed by atoms with van der Waals surface area (Å²) in [4.78, 5) is 17.3. The highest BCUT2D eigenvalue weighted by Gasteiger charge is 2.23. The van der Waals surface area contributed by atoms with Crippen LogP contribution in [-0.2, 0) is 18.6 Å². The van der Waals surface area contributed by atoms with Gasteiger partial charge in [0, 0.05) is 35.6 Å². The summed E-state index contributed by atoms with van der Waals surface area (Å²) in [7, 11) is 3.40. The molecule has 1 N–H and O–H groups in total. The quantitative estimate of drug-likeness (QED) is 0.794. The van der Waals surface area contributed by atoms with Crippen LogP contribution in [0.25, 0.3) is 10.9 Å². The molecule has 1 amide bonds. The molecule has 6 nitrogen and oxygen atoms in total. The van der Waals surface area contributed by atoms with Crippen LogP contribution in [0.5, 0.6) is 5.88 Å². The van der Waals surface area contributed by atoms with E-state index >= 15 is 0 Å². The van der Waals surface area contributed by atoms with E-state index in [0.717, 1.165) is 39.5 Å². The number of aromatic nitrogens is 3. The van der Waals surface area contributed by atoms with Crippen LogP contribution in [0.3, 0.4) is 0 Å². The number of pyridine rings is 1. The van der Waals surface area contributed by atoms with Gasteiger partial charge in [0.1, 0.15) is 5.82 Å². The number of methoxy groups -OCH3 is 1. The van der Waals surface area contributed by atoms with E-state index in [1.807, 2.05) is 31.3 Å². The third-order valence-corrected chi connectivity index (χ3v) is 5.06. The van der Waals surface area contributed by atoms with Gasteiger partial charge in [0.2, 0.25) is 5.88 Å². The molecule has 0 aliphatic carbocycles. The van der Waals surface area contributed by atoms with Gasteiger partial charge in [-0.15, -0.1) is 0 Å². The highest BCUT2D eigenvalue weighted by atomic mass is 32.2. The Morgan fingerprint density at radius 1 is 1.33 bits per heavy atom. The lowest BCUT2D eigenvalue weighted by Gasteiger charge is -2.11. The minimum atomic E-state index is -0.186. The third-order valence-electron chi connectivity index (χ3n) is 4.09. The van der Waals surface area contributed by atoms with Gasteiger partial charge >= 0.3 is 0 Å². The van der Waals surface area contributed by atoms with Gasteiger partial charge in [-0.2, -0.15) is 16.9 Å². The van der Waals surface area contributed by atoms with Gasteiger partial charge in [-0.05, 0) is 6.07 Å². The predicted octanol–water partition coefficient (Wildman–Crippen LogP) is 2.98. The average Bonchev–Trinajstić information content (AvgIpc) is 3.16. The third kappa shape index (κ3) is 2.41. The zero-order chi connectivity index (χ0) is 16.7. The first kappa shape index (κ1) is 15.0. The molecule has 0 saturated heterocycles. The van der Waals surface area contributed by atoms with Crippen LogP contribution in [0.2, 0.25) is 0 Å². The topological polar surface area (TPSA) is 69.0 Å². The maximum Gasteiger partial charge on any atom is 0.257 e. The van der Waals surface area contributed by atoms with Crippen molar-refractivity contribution in [1.29, 1.82) is 0 Å². The summed E-state index contributed by atoms with van der Waals surface area (Å²) in [6.07, 6.45) is 0. The Morgan fingerprint density at radius 3 is 3.00 bits per heavy atom. The van der Waals surface area contributed by atoms with Crippen LogP contribution in [0.15, 0.2) is 30.3 Å². The minimum Gasteiger partial charge on any atom is -0.481 e. The van der Waals surface area contributed by atoms with Gasteiger partial charge in [0.15, 0.2) is 0 Å². The lowest BCUT2D eigenvalue weighted by molar-refractivity contribution is 0.102. The molecule has 122 valence electrons. The summed E-state index contributed by atoms with van der Waals surface area (Å²) in [5.74, 6) is 2.77. The van der Waals surface area contributed by atoms with Gasteiger partial charge < -0.3 is 10.1 Å². The number of nitrogens with one attached hydrogen (secondary N) is 1. The van der Waals surface area contributed by atoms with Gasteiger partial charge in [-0.3, -0.25) is 9.48 Å². The summed E-state index contributed by atoms with van der Waals surface area (Å²) < 4.78 is 6.97. The van der Waals surface area contributed by atoms with E-state index in [9.17, 15) is 4.79 Å². The number of carbonyl (C=O) groups is 1. The fraction of sp³-hybridized carbons (Fsp3) is 0.235. The van der Waals surface area contributed by atoms with Crippen LogP contribution < -0.4 is 10.1 Å². The second-order valence-corrected chi connectivity index (χ2v) is 6.56. The van der Waals surface area contributed by atoms with Gasteiger partial charge in [-0.1, -0.05) is 18.2 Å². The van der Waals surface area contributed by atoms with Crippen molar-refractivity contribution in [1.82, 2.24) is 14.8 Å². The Hall–Kier alpha value is -2.54. The Labute approximate surface area is 143 Å². The Balaban J connectivity index is 1.76. The number of benzene rings is 1. The first-order valence-electron chi connectivity index (χ1n) is 7.55. The zero-order valence-electron chi connectivity index (χ0n) is 13.4. The number of fused-ring (bicyclic) bond motifs is 2. The molecular formula is C17H16N4O2S. The number of thioether (sulfide) groups is 1. The number of hydrogen-bond acceptors (Lipinski definition) is 5. The molecular weight excluding hydrogens is 324 g/mol. The number of nitrogens with zero attached hydrogens (tertiary/aromatic N) is 3. The summed E-state index contributed by atoms with van der Waals surface area (Å²) in [6.45, 7) is 0. The first-order chi connectivity index (χ1) is 11.7. The Morgan fingerprint density at radius 2 is 2.17 bits per heavy atom. The van der Waals surface area contributed by atoms with Crippen molar-refractivity contribution in [2.24, 2.45) is 7.05 Å². The first-order valence-corrected chi connectivity index (χ1v) is 8.70. The van der Waals surface area contributed by atoms with Gasteiger partial charge in [-0.25, -0.2) is 4.98 Å². The van der Waals surface area contributed by atoms with Crippen molar-refractivity contribution in [2.45, 2.75) is 11.5 Å². The lowest BCUT2D eigenvalue weighted by Crippen LogP contribution is -2.16. The standard InChI is InChI=1S/C17H16N4O2S/c1-21-16(12-8-24-9-14(12)20-21)19-17(22)11-7-15(23-2)18-13-6-4-3-5-10(11)13/h3-7H,8-9H2,1-2H3,(H,19,22). The minimum absolute atomic E-state index is 0.186. The largest absolute Gasteiger partial charge is 0.481 e. The Kier molecular flexibility index (Phi) is 3.65. The monoisotopic (exact) mass is 340 g/mol. The summed E-state index contributed by atoms with van der Waals surface area (Å²) >= 11 is 1.81. The molecule has 24 heavy (non-hydrogen) atoms. The highest BCUT2D eigenvalue weighted by molar-refractivity contribution is 7.98. The molecule has 3 heterocycles. The van der Waals surface area contributed by atoms with Crippen molar-refractivity contribution >= 4 is 34.4 Å². The fourth-order valence-corrected chi connectivity index (χ4v) is 3.95. The second kappa shape index (κ2) is 5.83. The van der Waals surface area contributed by atoms with E-state index in [-0.39, 0.29) is 5.91 Å². The van der Waals surface area contributed by atoms with E-state index in [4.69, 9.17) is 4.74 Å². The number of rotatable bonds is 3. The molecule has 0 fully saturated rings. The molecule has 0 atom stereocenters. The molecule has 7 heteroatoms. The van der Waals surface area contributed by atoms with Crippen LogP contribution in [-0.4, -0.2) is 27.8 Å². The summed E-state index contributed by atoms with van der Waals surface area (Å²) in [5, 5.41) is 8.29. The molecule has 3 aromatic rings. The fourth-order valence-electron chi connectivity index (χ4n) is 2.92. The number of anilines is 1. The number of ether oxygens (including phenoxy) is 1. The molecule has 1 aliphatic rings. The van der Waals surface area contributed by atoms with E-state index < -0.39 is 0 Å². The number of para-hydroxylation sites is 1. The molecule has 1 aliphatic heterocycles. The number of aryl methyl sites for hydroxylation is 1. The van der Waals surface area contributed by atoms with Crippen molar-refractivity contribution in [3.05, 3.63) is 47.2 Å². The second-order valence-electron chi connectivity index (χ2n) is 5.57. The van der Waals surface area contributed by atoms with Crippen molar-refractivity contribution in [2.75, 3.05) is 12.4 Å². The van der Waals surface area contributed by atoms with Gasteiger partial charge in [0.25, 0.3) is 5.91 Å². The van der Waals surface area contributed by atoms with E-state index in [2.05, 4.69) is 15.4 Å². The molecule has 0 spiro atoms. The molecule has 0 bridgehead atoms. The average molecular weight is 340 g/mol. The zero-order valence-corrected chi connectivity index (χ0v) is 14.2. The van der Waals surface area contributed by atoms with E-state index in [0.29, 0.717) is 11.4 Å². The maximum atomic E-state index is 12.9. The lowest BCUT2D eigenvalue weighted by atomic mass is 10.1. The SMILES string of the molecule is COc1cc(C(=O)Nc2c3c(nn2C)CSC3)c2ccccc2n1. The predicted molar refractivity (Wildman–Crippen MR) is 94.5 cm³/mol. The van der Waals surface area contributed by atoms with Crippen molar-refractivity contribution < 1.29 is 9.53 Å². The van der Waals surface area contributed by atoms with Crippen molar-refractivity contribution in [3.8, 4) is 5.88 Å². The van der Waals surface area contributed by atoms with Crippen molar-refractivity contribution in [3.63, 3.8) is 0 Å². The molecule has 0 saturated carbocycles. The van der Waals surface area contributed by atoms with Crippen LogP contribution in [0.4, 0.5) is 5.82 Å². The van der Waals surface area contributed by atoms with E-state index in [1.165, 1.54) is 0 Å². The maximum absolute atomic E-state index is 12.9. The summed E-state index contributed by atoms with van der Waals surface area (Å²) in [5.41, 5.74) is 3.43. The Bertz CT molecular complexity index is 951. The van der Waals surface area contributed by atoms with Crippen LogP contribution in [0.1, 0.15) is 21.6 Å². The molecule has 2 aromatic heterocycles.